The molecule has 0 bridgehead atoms. The zero-order chi connectivity index (χ0) is 10.9. The fourth-order valence-electron chi connectivity index (χ4n) is 2.45. The highest BCUT2D eigenvalue weighted by Crippen LogP contribution is 2.38. The molecule has 0 aliphatic heterocycles. The normalized spacial score (nSPS) is 24.3. The molecule has 1 heterocycles. The van der Waals surface area contributed by atoms with Gasteiger partial charge in [-0.1, -0.05) is 20.3 Å². The van der Waals surface area contributed by atoms with Crippen LogP contribution in [-0.2, 0) is 6.54 Å². The Labute approximate surface area is 91.9 Å². The number of rotatable bonds is 3. The summed E-state index contributed by atoms with van der Waals surface area (Å²) in [5.74, 6) is 1.03. The maximum atomic E-state index is 4.37. The van der Waals surface area contributed by atoms with Crippen molar-refractivity contribution in [3.8, 4) is 0 Å². The second kappa shape index (κ2) is 3.87. The number of hydrogen-bond acceptors (Lipinski definition) is 2. The fourth-order valence-corrected chi connectivity index (χ4v) is 2.45. The average Bonchev–Trinajstić information content (AvgIpc) is 2.74. The van der Waals surface area contributed by atoms with Crippen LogP contribution in [0.1, 0.15) is 40.0 Å². The molecule has 0 radical (unpaired) electrons. The Morgan fingerprint density at radius 1 is 1.60 bits per heavy atom. The molecule has 1 fully saturated rings. The third kappa shape index (κ3) is 2.01. The van der Waals surface area contributed by atoms with Gasteiger partial charge in [0, 0.05) is 25.0 Å². The van der Waals surface area contributed by atoms with E-state index < -0.39 is 0 Å². The van der Waals surface area contributed by atoms with Crippen molar-refractivity contribution in [2.45, 2.75) is 52.6 Å². The van der Waals surface area contributed by atoms with Gasteiger partial charge in [0.05, 0.1) is 0 Å². The minimum absolute atomic E-state index is 0.407. The van der Waals surface area contributed by atoms with E-state index in [-0.39, 0.29) is 0 Å². The van der Waals surface area contributed by atoms with Crippen molar-refractivity contribution in [1.82, 2.24) is 9.55 Å². The molecule has 84 valence electrons. The van der Waals surface area contributed by atoms with Crippen LogP contribution in [0.25, 0.3) is 0 Å². The topological polar surface area (TPSA) is 29.9 Å². The smallest absolute Gasteiger partial charge is 0.202 e. The largest absolute Gasteiger partial charge is 0.352 e. The van der Waals surface area contributed by atoms with E-state index in [9.17, 15) is 0 Å². The lowest BCUT2D eigenvalue weighted by atomic mass is 9.87. The van der Waals surface area contributed by atoms with Crippen molar-refractivity contribution in [2.24, 2.45) is 5.41 Å². The first-order valence-electron chi connectivity index (χ1n) is 5.91. The van der Waals surface area contributed by atoms with Gasteiger partial charge in [0.2, 0.25) is 5.95 Å². The lowest BCUT2D eigenvalue weighted by molar-refractivity contribution is 0.348. The van der Waals surface area contributed by atoms with Gasteiger partial charge in [0.15, 0.2) is 0 Å². The highest BCUT2D eigenvalue weighted by Gasteiger charge is 2.34. The number of nitrogens with zero attached hydrogens (tertiary/aromatic N) is 2. The van der Waals surface area contributed by atoms with E-state index in [4.69, 9.17) is 0 Å². The van der Waals surface area contributed by atoms with Crippen LogP contribution in [0.4, 0.5) is 5.95 Å². The second-order valence-electron chi connectivity index (χ2n) is 5.11. The van der Waals surface area contributed by atoms with E-state index in [0.29, 0.717) is 11.5 Å². The van der Waals surface area contributed by atoms with Crippen LogP contribution in [0.5, 0.6) is 0 Å². The molecule has 2 rings (SSSR count). The van der Waals surface area contributed by atoms with Gasteiger partial charge >= 0.3 is 0 Å². The molecule has 1 aromatic rings. The second-order valence-corrected chi connectivity index (χ2v) is 5.11. The van der Waals surface area contributed by atoms with Gasteiger partial charge in [0.1, 0.15) is 0 Å². The Kier molecular flexibility index (Phi) is 2.72. The molecular weight excluding hydrogens is 186 g/mol. The minimum Gasteiger partial charge on any atom is -0.352 e. The number of hydrogen-bond donors (Lipinski definition) is 1. The molecule has 0 amide bonds. The van der Waals surface area contributed by atoms with Gasteiger partial charge in [-0.15, -0.1) is 0 Å². The van der Waals surface area contributed by atoms with E-state index in [1.54, 1.807) is 0 Å². The summed E-state index contributed by atoms with van der Waals surface area (Å²) >= 11 is 0. The maximum Gasteiger partial charge on any atom is 0.202 e. The molecular formula is C12H21N3. The van der Waals surface area contributed by atoms with Crippen molar-refractivity contribution in [2.75, 3.05) is 5.32 Å². The van der Waals surface area contributed by atoms with Crippen LogP contribution in [0, 0.1) is 5.41 Å². The molecule has 1 aliphatic rings. The molecule has 0 spiro atoms. The summed E-state index contributed by atoms with van der Waals surface area (Å²) in [5.41, 5.74) is 0.407. The SMILES string of the molecule is CCn1ccnc1NC1CCCC1(C)C. The predicted molar refractivity (Wildman–Crippen MR) is 62.9 cm³/mol. The Balaban J connectivity index is 2.08. The monoisotopic (exact) mass is 207 g/mol. The van der Waals surface area contributed by atoms with E-state index in [1.165, 1.54) is 19.3 Å². The van der Waals surface area contributed by atoms with Crippen molar-refractivity contribution in [1.29, 1.82) is 0 Å². The molecule has 3 heteroatoms. The van der Waals surface area contributed by atoms with Crippen LogP contribution < -0.4 is 5.32 Å². The summed E-state index contributed by atoms with van der Waals surface area (Å²) in [7, 11) is 0. The van der Waals surface area contributed by atoms with Crippen LogP contribution in [0.3, 0.4) is 0 Å². The summed E-state index contributed by atoms with van der Waals surface area (Å²) < 4.78 is 2.16. The third-order valence-electron chi connectivity index (χ3n) is 3.62. The number of nitrogens with one attached hydrogen (secondary N) is 1. The summed E-state index contributed by atoms with van der Waals surface area (Å²) in [6.07, 6.45) is 7.82. The highest BCUT2D eigenvalue weighted by molar-refractivity contribution is 5.29. The molecule has 1 saturated carbocycles. The lowest BCUT2D eigenvalue weighted by Crippen LogP contribution is -2.32. The summed E-state index contributed by atoms with van der Waals surface area (Å²) in [4.78, 5) is 4.37. The molecule has 0 aromatic carbocycles. The molecule has 1 unspecified atom stereocenters. The highest BCUT2D eigenvalue weighted by atomic mass is 15.2. The molecule has 1 N–H and O–H groups in total. The zero-order valence-corrected chi connectivity index (χ0v) is 9.95. The first-order chi connectivity index (χ1) is 7.13. The molecule has 0 saturated heterocycles. The first kappa shape index (κ1) is 10.5. The quantitative estimate of drug-likeness (QED) is 0.826. The third-order valence-corrected chi connectivity index (χ3v) is 3.62. The first-order valence-corrected chi connectivity index (χ1v) is 5.91. The standard InChI is InChI=1S/C12H21N3/c1-4-15-9-8-13-11(15)14-10-6-5-7-12(10,2)3/h8-10H,4-7H2,1-3H3,(H,13,14). The van der Waals surface area contributed by atoms with E-state index >= 15 is 0 Å². The molecule has 1 atom stereocenters. The number of aryl methyl sites for hydroxylation is 1. The summed E-state index contributed by atoms with van der Waals surface area (Å²) in [6.45, 7) is 7.82. The van der Waals surface area contributed by atoms with Crippen LogP contribution >= 0.6 is 0 Å². The van der Waals surface area contributed by atoms with E-state index in [1.807, 2.05) is 12.4 Å². The Morgan fingerprint density at radius 2 is 2.40 bits per heavy atom. The van der Waals surface area contributed by atoms with Crippen molar-refractivity contribution < 1.29 is 0 Å². The Hall–Kier alpha value is -0.990. The van der Waals surface area contributed by atoms with Gasteiger partial charge < -0.3 is 9.88 Å². The van der Waals surface area contributed by atoms with E-state index in [0.717, 1.165) is 12.5 Å². The van der Waals surface area contributed by atoms with Gasteiger partial charge in [-0.3, -0.25) is 0 Å². The zero-order valence-electron chi connectivity index (χ0n) is 9.95. The van der Waals surface area contributed by atoms with E-state index in [2.05, 4.69) is 35.6 Å². The van der Waals surface area contributed by atoms with Crippen LogP contribution in [0.2, 0.25) is 0 Å². The average molecular weight is 207 g/mol. The number of aromatic nitrogens is 2. The fraction of sp³-hybridized carbons (Fsp3) is 0.750. The van der Waals surface area contributed by atoms with Crippen molar-refractivity contribution in [3.63, 3.8) is 0 Å². The van der Waals surface area contributed by atoms with Crippen LogP contribution in [-0.4, -0.2) is 15.6 Å². The minimum atomic E-state index is 0.407. The number of imidazole rings is 1. The summed E-state index contributed by atoms with van der Waals surface area (Å²) in [5, 5.41) is 3.58. The van der Waals surface area contributed by atoms with Gasteiger partial charge in [-0.2, -0.15) is 0 Å². The van der Waals surface area contributed by atoms with Gasteiger partial charge in [0.25, 0.3) is 0 Å². The molecule has 1 aliphatic carbocycles. The maximum absolute atomic E-state index is 4.37. The van der Waals surface area contributed by atoms with Gasteiger partial charge in [-0.05, 0) is 25.2 Å². The number of anilines is 1. The summed E-state index contributed by atoms with van der Waals surface area (Å²) in [6, 6.07) is 0.574. The van der Waals surface area contributed by atoms with Crippen LogP contribution in [0.15, 0.2) is 12.4 Å². The molecule has 3 nitrogen and oxygen atoms in total. The molecule has 15 heavy (non-hydrogen) atoms. The molecule has 1 aromatic heterocycles. The van der Waals surface area contributed by atoms with Crippen molar-refractivity contribution >= 4 is 5.95 Å². The van der Waals surface area contributed by atoms with Crippen molar-refractivity contribution in [3.05, 3.63) is 12.4 Å². The predicted octanol–water partition coefficient (Wildman–Crippen LogP) is 2.89. The Morgan fingerprint density at radius 3 is 3.00 bits per heavy atom. The van der Waals surface area contributed by atoms with Gasteiger partial charge in [-0.25, -0.2) is 4.98 Å². The Bertz CT molecular complexity index is 327. The lowest BCUT2D eigenvalue weighted by Gasteiger charge is -2.28.